The summed E-state index contributed by atoms with van der Waals surface area (Å²) in [6.45, 7) is 5.82. The molecule has 0 aliphatic heterocycles. The number of nitrogens with one attached hydrogen (secondary N) is 1. The van der Waals surface area contributed by atoms with Gasteiger partial charge in [0.1, 0.15) is 0 Å². The summed E-state index contributed by atoms with van der Waals surface area (Å²) in [7, 11) is 0. The van der Waals surface area contributed by atoms with Crippen molar-refractivity contribution in [3.63, 3.8) is 0 Å². The van der Waals surface area contributed by atoms with Crippen LogP contribution in [0, 0.1) is 11.8 Å². The molecule has 1 nitrogen and oxygen atoms in total. The van der Waals surface area contributed by atoms with E-state index in [-0.39, 0.29) is 0 Å². The van der Waals surface area contributed by atoms with Crippen LogP contribution in [0.25, 0.3) is 0 Å². The Morgan fingerprint density at radius 2 is 2.05 bits per heavy atom. The van der Waals surface area contributed by atoms with Crippen LogP contribution in [-0.2, 0) is 6.42 Å². The Kier molecular flexibility index (Phi) is 5.90. The Labute approximate surface area is 126 Å². The van der Waals surface area contributed by atoms with E-state index in [0.29, 0.717) is 6.04 Å². The molecule has 0 radical (unpaired) electrons. The third kappa shape index (κ3) is 4.32. The third-order valence-corrected chi connectivity index (χ3v) is 5.11. The standard InChI is InChI=1S/C17H26BrN/c1-3-10-19-17-9-8-13(2)11-15(17)12-14-6-4-5-7-16(14)18/h4-7,13,15,17,19H,3,8-12H2,1-2H3. The second-order valence-electron chi connectivity index (χ2n) is 6.03. The minimum Gasteiger partial charge on any atom is -0.314 e. The Morgan fingerprint density at radius 3 is 2.79 bits per heavy atom. The second-order valence-corrected chi connectivity index (χ2v) is 6.89. The molecule has 0 saturated heterocycles. The zero-order chi connectivity index (χ0) is 13.7. The predicted molar refractivity (Wildman–Crippen MR) is 86.4 cm³/mol. The summed E-state index contributed by atoms with van der Waals surface area (Å²) in [5.74, 6) is 1.67. The van der Waals surface area contributed by atoms with Crippen molar-refractivity contribution < 1.29 is 0 Å². The summed E-state index contributed by atoms with van der Waals surface area (Å²) in [5, 5.41) is 3.77. The first-order valence-electron chi connectivity index (χ1n) is 7.67. The van der Waals surface area contributed by atoms with E-state index in [1.165, 1.54) is 42.1 Å². The van der Waals surface area contributed by atoms with Gasteiger partial charge in [-0.05, 0) is 62.1 Å². The van der Waals surface area contributed by atoms with Crippen LogP contribution >= 0.6 is 15.9 Å². The van der Waals surface area contributed by atoms with Gasteiger partial charge in [0.2, 0.25) is 0 Å². The van der Waals surface area contributed by atoms with Crippen molar-refractivity contribution in [1.29, 1.82) is 0 Å². The minimum absolute atomic E-state index is 0.711. The molecule has 0 spiro atoms. The maximum atomic E-state index is 3.77. The van der Waals surface area contributed by atoms with Gasteiger partial charge in [0.25, 0.3) is 0 Å². The van der Waals surface area contributed by atoms with E-state index in [4.69, 9.17) is 0 Å². The van der Waals surface area contributed by atoms with Crippen LogP contribution < -0.4 is 5.32 Å². The molecule has 3 unspecified atom stereocenters. The fraction of sp³-hybridized carbons (Fsp3) is 0.647. The van der Waals surface area contributed by atoms with E-state index in [1.807, 2.05) is 0 Å². The quantitative estimate of drug-likeness (QED) is 0.821. The van der Waals surface area contributed by atoms with Crippen LogP contribution in [-0.4, -0.2) is 12.6 Å². The van der Waals surface area contributed by atoms with Crippen LogP contribution in [0.2, 0.25) is 0 Å². The highest BCUT2D eigenvalue weighted by Gasteiger charge is 2.28. The molecule has 3 atom stereocenters. The Bertz CT molecular complexity index is 389. The molecule has 1 aliphatic carbocycles. The van der Waals surface area contributed by atoms with Gasteiger partial charge in [0.15, 0.2) is 0 Å². The fourth-order valence-corrected chi connectivity index (χ4v) is 3.72. The van der Waals surface area contributed by atoms with E-state index in [0.717, 1.165) is 18.4 Å². The average Bonchev–Trinajstić information content (AvgIpc) is 2.40. The lowest BCUT2D eigenvalue weighted by Gasteiger charge is -2.36. The largest absolute Gasteiger partial charge is 0.314 e. The summed E-state index contributed by atoms with van der Waals surface area (Å²) in [5.41, 5.74) is 1.46. The molecule has 19 heavy (non-hydrogen) atoms. The van der Waals surface area contributed by atoms with Crippen molar-refractivity contribution in [2.45, 2.75) is 52.0 Å². The number of benzene rings is 1. The highest BCUT2D eigenvalue weighted by atomic mass is 79.9. The average molecular weight is 324 g/mol. The molecule has 1 aromatic rings. The van der Waals surface area contributed by atoms with Crippen LogP contribution in [0.1, 0.15) is 45.1 Å². The summed E-state index contributed by atoms with van der Waals surface area (Å²) < 4.78 is 1.27. The number of hydrogen-bond donors (Lipinski definition) is 1. The van der Waals surface area contributed by atoms with Crippen molar-refractivity contribution in [1.82, 2.24) is 5.32 Å². The van der Waals surface area contributed by atoms with Gasteiger partial charge in [-0.1, -0.05) is 48.0 Å². The first-order valence-corrected chi connectivity index (χ1v) is 8.46. The summed E-state index contributed by atoms with van der Waals surface area (Å²) in [4.78, 5) is 0. The Hall–Kier alpha value is -0.340. The van der Waals surface area contributed by atoms with E-state index in [1.54, 1.807) is 0 Å². The van der Waals surface area contributed by atoms with Gasteiger partial charge >= 0.3 is 0 Å². The molecule has 2 heteroatoms. The highest BCUT2D eigenvalue weighted by molar-refractivity contribution is 9.10. The van der Waals surface area contributed by atoms with Crippen molar-refractivity contribution in [2.75, 3.05) is 6.54 Å². The summed E-state index contributed by atoms with van der Waals surface area (Å²) >= 11 is 3.69. The zero-order valence-corrected chi connectivity index (χ0v) is 13.7. The van der Waals surface area contributed by atoms with Crippen LogP contribution in [0.15, 0.2) is 28.7 Å². The van der Waals surface area contributed by atoms with E-state index in [9.17, 15) is 0 Å². The van der Waals surface area contributed by atoms with Gasteiger partial charge in [-0.25, -0.2) is 0 Å². The van der Waals surface area contributed by atoms with Crippen molar-refractivity contribution in [3.05, 3.63) is 34.3 Å². The second kappa shape index (κ2) is 7.44. The van der Waals surface area contributed by atoms with E-state index in [2.05, 4.69) is 59.4 Å². The molecule has 106 valence electrons. The molecular weight excluding hydrogens is 298 g/mol. The van der Waals surface area contributed by atoms with Gasteiger partial charge in [0.05, 0.1) is 0 Å². The number of hydrogen-bond acceptors (Lipinski definition) is 1. The molecule has 0 amide bonds. The van der Waals surface area contributed by atoms with Crippen LogP contribution in [0.5, 0.6) is 0 Å². The lowest BCUT2D eigenvalue weighted by atomic mass is 9.76. The molecule has 1 aromatic carbocycles. The van der Waals surface area contributed by atoms with Crippen LogP contribution in [0.3, 0.4) is 0 Å². The van der Waals surface area contributed by atoms with Gasteiger partial charge in [0, 0.05) is 10.5 Å². The van der Waals surface area contributed by atoms with Crippen molar-refractivity contribution in [3.8, 4) is 0 Å². The topological polar surface area (TPSA) is 12.0 Å². The van der Waals surface area contributed by atoms with E-state index < -0.39 is 0 Å². The molecule has 0 bridgehead atoms. The lowest BCUT2D eigenvalue weighted by molar-refractivity contribution is 0.212. The Morgan fingerprint density at radius 1 is 1.26 bits per heavy atom. The monoisotopic (exact) mass is 323 g/mol. The predicted octanol–water partition coefficient (Wildman–Crippen LogP) is 4.80. The molecule has 0 heterocycles. The van der Waals surface area contributed by atoms with Gasteiger partial charge < -0.3 is 5.32 Å². The highest BCUT2D eigenvalue weighted by Crippen LogP contribution is 2.33. The summed E-state index contributed by atoms with van der Waals surface area (Å²) in [6, 6.07) is 9.39. The molecular formula is C17H26BrN. The van der Waals surface area contributed by atoms with Gasteiger partial charge in [-0.15, -0.1) is 0 Å². The fourth-order valence-electron chi connectivity index (χ4n) is 3.27. The molecule has 1 saturated carbocycles. The maximum absolute atomic E-state index is 3.77. The first-order chi connectivity index (χ1) is 9.20. The van der Waals surface area contributed by atoms with Gasteiger partial charge in [-0.3, -0.25) is 0 Å². The molecule has 1 fully saturated rings. The van der Waals surface area contributed by atoms with Crippen molar-refractivity contribution in [2.24, 2.45) is 11.8 Å². The minimum atomic E-state index is 0.711. The number of halogens is 1. The Balaban J connectivity index is 2.03. The normalized spacial score (nSPS) is 27.4. The summed E-state index contributed by atoms with van der Waals surface area (Å²) in [6.07, 6.45) is 6.52. The smallest absolute Gasteiger partial charge is 0.0207 e. The van der Waals surface area contributed by atoms with Gasteiger partial charge in [-0.2, -0.15) is 0 Å². The molecule has 0 aromatic heterocycles. The SMILES string of the molecule is CCCNC1CCC(C)CC1Cc1ccccc1Br. The molecule has 1 N–H and O–H groups in total. The van der Waals surface area contributed by atoms with Crippen LogP contribution in [0.4, 0.5) is 0 Å². The zero-order valence-electron chi connectivity index (χ0n) is 12.2. The third-order valence-electron chi connectivity index (χ3n) is 4.34. The first kappa shape index (κ1) is 15.1. The van der Waals surface area contributed by atoms with Crippen molar-refractivity contribution >= 4 is 15.9 Å². The lowest BCUT2D eigenvalue weighted by Crippen LogP contribution is -2.41. The maximum Gasteiger partial charge on any atom is 0.0207 e. The molecule has 2 rings (SSSR count). The molecule has 1 aliphatic rings. The van der Waals surface area contributed by atoms with E-state index >= 15 is 0 Å². The number of rotatable bonds is 5.